The van der Waals surface area contributed by atoms with E-state index in [2.05, 4.69) is 5.32 Å². The van der Waals surface area contributed by atoms with Crippen molar-refractivity contribution in [2.75, 3.05) is 37.9 Å². The molecular formula is C22H28N2O5S2. The van der Waals surface area contributed by atoms with Crippen molar-refractivity contribution in [1.29, 1.82) is 0 Å². The van der Waals surface area contributed by atoms with Crippen molar-refractivity contribution in [3.8, 4) is 11.5 Å². The van der Waals surface area contributed by atoms with Gasteiger partial charge < -0.3 is 14.8 Å². The van der Waals surface area contributed by atoms with Gasteiger partial charge >= 0.3 is 0 Å². The summed E-state index contributed by atoms with van der Waals surface area (Å²) in [5.41, 5.74) is 0.425. The minimum atomic E-state index is -3.69. The molecule has 1 saturated heterocycles. The van der Waals surface area contributed by atoms with Gasteiger partial charge in [-0.25, -0.2) is 8.42 Å². The number of ether oxygens (including phenoxy) is 2. The molecule has 0 radical (unpaired) electrons. The van der Waals surface area contributed by atoms with Gasteiger partial charge in [-0.1, -0.05) is 6.42 Å². The van der Waals surface area contributed by atoms with Gasteiger partial charge in [-0.05, 0) is 62.2 Å². The number of hydrogen-bond acceptors (Lipinski definition) is 6. The predicted molar refractivity (Wildman–Crippen MR) is 123 cm³/mol. The molecule has 9 heteroatoms. The summed E-state index contributed by atoms with van der Waals surface area (Å²) >= 11 is 1.40. The second kappa shape index (κ2) is 10.9. The predicted octanol–water partition coefficient (Wildman–Crippen LogP) is 4.00. The van der Waals surface area contributed by atoms with E-state index in [1.54, 1.807) is 12.1 Å². The lowest BCUT2D eigenvalue weighted by Gasteiger charge is -2.26. The molecule has 0 aromatic heterocycles. The quantitative estimate of drug-likeness (QED) is 0.565. The van der Waals surface area contributed by atoms with E-state index >= 15 is 0 Å². The number of carbonyl (C=O) groups excluding carboxylic acids is 1. The van der Waals surface area contributed by atoms with Crippen LogP contribution in [0, 0.1) is 0 Å². The van der Waals surface area contributed by atoms with Crippen LogP contribution >= 0.6 is 11.8 Å². The van der Waals surface area contributed by atoms with Gasteiger partial charge in [-0.2, -0.15) is 4.31 Å². The maximum absolute atomic E-state index is 13.1. The zero-order chi connectivity index (χ0) is 22.3. The Morgan fingerprint density at radius 1 is 1.10 bits per heavy atom. The summed E-state index contributed by atoms with van der Waals surface area (Å²) in [5.74, 6) is 1.04. The topological polar surface area (TPSA) is 84.9 Å². The molecule has 1 amide bonds. The standard InChI is InChI=1S/C22H28N2O5S2/c1-3-29-18-8-10-19(11-9-18)30-16-22(25)23-17-7-12-20(28-2)21(15-17)31(26,27)24-13-5-4-6-14-24/h7-12,15H,3-6,13-14,16H2,1-2H3,(H,23,25). The first kappa shape index (κ1) is 23.4. The third-order valence-electron chi connectivity index (χ3n) is 4.88. The Balaban J connectivity index is 1.67. The Morgan fingerprint density at radius 3 is 2.45 bits per heavy atom. The highest BCUT2D eigenvalue weighted by Gasteiger charge is 2.29. The first-order valence-corrected chi connectivity index (χ1v) is 12.7. The number of hydrogen-bond donors (Lipinski definition) is 1. The number of piperidine rings is 1. The van der Waals surface area contributed by atoms with Crippen LogP contribution in [0.2, 0.25) is 0 Å². The SMILES string of the molecule is CCOc1ccc(SCC(=O)Nc2ccc(OC)c(S(=O)(=O)N3CCCCC3)c2)cc1. The van der Waals surface area contributed by atoms with Crippen LogP contribution in [0.15, 0.2) is 52.3 Å². The van der Waals surface area contributed by atoms with E-state index in [0.29, 0.717) is 25.4 Å². The van der Waals surface area contributed by atoms with Crippen LogP contribution in [0.3, 0.4) is 0 Å². The summed E-state index contributed by atoms with van der Waals surface area (Å²) in [7, 11) is -2.25. The van der Waals surface area contributed by atoms with E-state index in [-0.39, 0.29) is 22.3 Å². The summed E-state index contributed by atoms with van der Waals surface area (Å²) in [6, 6.07) is 12.2. The molecule has 1 aliphatic heterocycles. The van der Waals surface area contributed by atoms with Crippen molar-refractivity contribution in [3.05, 3.63) is 42.5 Å². The fraction of sp³-hybridized carbons (Fsp3) is 0.409. The largest absolute Gasteiger partial charge is 0.495 e. The Hall–Kier alpha value is -2.23. The molecule has 0 bridgehead atoms. The fourth-order valence-corrected chi connectivity index (χ4v) is 5.74. The first-order valence-electron chi connectivity index (χ1n) is 10.3. The second-order valence-corrected chi connectivity index (χ2v) is 10.0. The molecule has 0 atom stereocenters. The van der Waals surface area contributed by atoms with Crippen molar-refractivity contribution in [2.24, 2.45) is 0 Å². The molecule has 0 unspecified atom stereocenters. The Morgan fingerprint density at radius 2 is 1.81 bits per heavy atom. The summed E-state index contributed by atoms with van der Waals surface area (Å²) in [6.07, 6.45) is 2.73. The fourth-order valence-electron chi connectivity index (χ4n) is 3.35. The highest BCUT2D eigenvalue weighted by atomic mass is 32.2. The maximum Gasteiger partial charge on any atom is 0.246 e. The summed E-state index contributed by atoms with van der Waals surface area (Å²) < 4.78 is 38.4. The monoisotopic (exact) mass is 464 g/mol. The highest BCUT2D eigenvalue weighted by molar-refractivity contribution is 8.00. The zero-order valence-corrected chi connectivity index (χ0v) is 19.4. The van der Waals surface area contributed by atoms with Gasteiger partial charge in [-0.3, -0.25) is 4.79 Å². The van der Waals surface area contributed by atoms with Crippen molar-refractivity contribution in [1.82, 2.24) is 4.31 Å². The van der Waals surface area contributed by atoms with E-state index in [9.17, 15) is 13.2 Å². The normalized spacial score (nSPS) is 14.8. The molecule has 168 valence electrons. The van der Waals surface area contributed by atoms with Crippen molar-refractivity contribution in [2.45, 2.75) is 36.0 Å². The lowest BCUT2D eigenvalue weighted by atomic mass is 10.2. The smallest absolute Gasteiger partial charge is 0.246 e. The number of sulfonamides is 1. The van der Waals surface area contributed by atoms with Crippen molar-refractivity contribution < 1.29 is 22.7 Å². The van der Waals surface area contributed by atoms with E-state index < -0.39 is 10.0 Å². The Labute approximate surface area is 188 Å². The number of nitrogens with one attached hydrogen (secondary N) is 1. The minimum Gasteiger partial charge on any atom is -0.495 e. The van der Waals surface area contributed by atoms with Crippen LogP contribution in [0.1, 0.15) is 26.2 Å². The highest BCUT2D eigenvalue weighted by Crippen LogP contribution is 2.31. The molecule has 2 aromatic carbocycles. The van der Waals surface area contributed by atoms with E-state index in [1.165, 1.54) is 29.2 Å². The van der Waals surface area contributed by atoms with Crippen LogP contribution in [0.25, 0.3) is 0 Å². The summed E-state index contributed by atoms with van der Waals surface area (Å²) in [6.45, 7) is 3.53. The van der Waals surface area contributed by atoms with E-state index in [1.807, 2.05) is 31.2 Å². The number of methoxy groups -OCH3 is 1. The molecule has 1 heterocycles. The van der Waals surface area contributed by atoms with Crippen LogP contribution in [-0.2, 0) is 14.8 Å². The molecule has 1 N–H and O–H groups in total. The van der Waals surface area contributed by atoms with Gasteiger partial charge in [0.2, 0.25) is 15.9 Å². The van der Waals surface area contributed by atoms with Crippen LogP contribution < -0.4 is 14.8 Å². The average molecular weight is 465 g/mol. The van der Waals surface area contributed by atoms with Crippen molar-refractivity contribution in [3.63, 3.8) is 0 Å². The molecule has 2 aromatic rings. The molecule has 3 rings (SSSR count). The van der Waals surface area contributed by atoms with E-state index in [0.717, 1.165) is 29.9 Å². The molecule has 0 saturated carbocycles. The van der Waals surface area contributed by atoms with Crippen molar-refractivity contribution >= 4 is 33.4 Å². The third kappa shape index (κ3) is 6.15. The number of carbonyl (C=O) groups is 1. The molecule has 31 heavy (non-hydrogen) atoms. The van der Waals surface area contributed by atoms with E-state index in [4.69, 9.17) is 9.47 Å². The molecular weight excluding hydrogens is 436 g/mol. The lowest BCUT2D eigenvalue weighted by molar-refractivity contribution is -0.113. The molecule has 1 fully saturated rings. The number of thioether (sulfide) groups is 1. The summed E-state index contributed by atoms with van der Waals surface area (Å²) in [4.78, 5) is 13.4. The number of amides is 1. The van der Waals surface area contributed by atoms with Gasteiger partial charge in [0, 0.05) is 23.7 Å². The van der Waals surface area contributed by atoms with Gasteiger partial charge in [-0.15, -0.1) is 11.8 Å². The number of anilines is 1. The zero-order valence-electron chi connectivity index (χ0n) is 17.8. The van der Waals surface area contributed by atoms with Crippen LogP contribution in [-0.4, -0.2) is 51.2 Å². The van der Waals surface area contributed by atoms with Gasteiger partial charge in [0.25, 0.3) is 0 Å². The third-order valence-corrected chi connectivity index (χ3v) is 7.82. The summed E-state index contributed by atoms with van der Waals surface area (Å²) in [5, 5.41) is 2.79. The Kier molecular flexibility index (Phi) is 8.22. The number of rotatable bonds is 9. The van der Waals surface area contributed by atoms with Crippen LogP contribution in [0.5, 0.6) is 11.5 Å². The second-order valence-electron chi connectivity index (χ2n) is 7.07. The van der Waals surface area contributed by atoms with Gasteiger partial charge in [0.1, 0.15) is 16.4 Å². The van der Waals surface area contributed by atoms with Crippen LogP contribution in [0.4, 0.5) is 5.69 Å². The number of nitrogens with zero attached hydrogens (tertiary/aromatic N) is 1. The molecule has 7 nitrogen and oxygen atoms in total. The minimum absolute atomic E-state index is 0.0777. The maximum atomic E-state index is 13.1. The van der Waals surface area contributed by atoms with Gasteiger partial charge in [0.15, 0.2) is 0 Å². The molecule has 1 aliphatic rings. The number of benzene rings is 2. The molecule has 0 spiro atoms. The van der Waals surface area contributed by atoms with Gasteiger partial charge in [0.05, 0.1) is 19.5 Å². The molecule has 0 aliphatic carbocycles. The Bertz CT molecular complexity index is 987. The first-order chi connectivity index (χ1) is 14.9. The average Bonchev–Trinajstić information content (AvgIpc) is 2.79. The lowest BCUT2D eigenvalue weighted by Crippen LogP contribution is -2.35.